The summed E-state index contributed by atoms with van der Waals surface area (Å²) in [6.45, 7) is 3.65. The van der Waals surface area contributed by atoms with Crippen LogP contribution >= 0.6 is 24.0 Å². The summed E-state index contributed by atoms with van der Waals surface area (Å²) in [4.78, 5) is 14.1. The Kier molecular flexibility index (Phi) is 6.11. The molecular weight excluding hydrogens is 283 g/mol. The maximum atomic E-state index is 12.2. The van der Waals surface area contributed by atoms with Crippen LogP contribution in [0.15, 0.2) is 24.3 Å². The Hall–Kier alpha value is -0.770. The number of hydrogen-bond donors (Lipinski definition) is 1. The molecule has 2 rings (SSSR count). The summed E-state index contributed by atoms with van der Waals surface area (Å²) in [6.07, 6.45) is 1.34. The van der Waals surface area contributed by atoms with Crippen molar-refractivity contribution < 1.29 is 4.79 Å². The van der Waals surface area contributed by atoms with Crippen LogP contribution in [0.5, 0.6) is 0 Å². The number of halogens is 2. The van der Waals surface area contributed by atoms with Crippen molar-refractivity contribution in [1.82, 2.24) is 4.90 Å². The summed E-state index contributed by atoms with van der Waals surface area (Å²) in [5.41, 5.74) is 6.96. The Morgan fingerprint density at radius 2 is 2.05 bits per heavy atom. The number of piperidine rings is 1. The second-order valence-electron chi connectivity index (χ2n) is 5.07. The normalized spacial score (nSPS) is 22.8. The van der Waals surface area contributed by atoms with Crippen molar-refractivity contribution in [2.24, 2.45) is 11.7 Å². The molecule has 0 radical (unpaired) electrons. The molecule has 0 bridgehead atoms. The summed E-state index contributed by atoms with van der Waals surface area (Å²) < 4.78 is 0. The highest BCUT2D eigenvalue weighted by molar-refractivity contribution is 6.30. The zero-order chi connectivity index (χ0) is 13.1. The Labute approximate surface area is 125 Å². The molecule has 2 N–H and O–H groups in total. The molecule has 0 spiro atoms. The summed E-state index contributed by atoms with van der Waals surface area (Å²) in [6, 6.07) is 7.67. The summed E-state index contributed by atoms with van der Waals surface area (Å²) in [7, 11) is 0. The Bertz CT molecular complexity index is 422. The third kappa shape index (κ3) is 4.37. The molecule has 1 aromatic carbocycles. The van der Waals surface area contributed by atoms with E-state index in [9.17, 15) is 4.79 Å². The second-order valence-corrected chi connectivity index (χ2v) is 5.51. The molecule has 0 aromatic heterocycles. The minimum absolute atomic E-state index is 0. The van der Waals surface area contributed by atoms with E-state index in [0.717, 1.165) is 25.1 Å². The average Bonchev–Trinajstić information content (AvgIpc) is 2.35. The zero-order valence-electron chi connectivity index (χ0n) is 11.0. The van der Waals surface area contributed by atoms with Gasteiger partial charge in [0.2, 0.25) is 5.91 Å². The van der Waals surface area contributed by atoms with E-state index < -0.39 is 0 Å². The van der Waals surface area contributed by atoms with Gasteiger partial charge in [-0.2, -0.15) is 0 Å². The third-order valence-corrected chi connectivity index (χ3v) is 3.84. The lowest BCUT2D eigenvalue weighted by molar-refractivity contribution is -0.132. The molecule has 5 heteroatoms. The molecule has 2 unspecified atom stereocenters. The third-order valence-electron chi connectivity index (χ3n) is 3.59. The van der Waals surface area contributed by atoms with Crippen molar-refractivity contribution in [3.63, 3.8) is 0 Å². The first-order valence-electron chi connectivity index (χ1n) is 6.34. The maximum absolute atomic E-state index is 12.2. The minimum atomic E-state index is 0. The van der Waals surface area contributed by atoms with Crippen molar-refractivity contribution in [3.8, 4) is 0 Å². The van der Waals surface area contributed by atoms with E-state index in [-0.39, 0.29) is 24.4 Å². The molecule has 19 heavy (non-hydrogen) atoms. The van der Waals surface area contributed by atoms with Crippen LogP contribution in [-0.2, 0) is 11.2 Å². The van der Waals surface area contributed by atoms with Gasteiger partial charge in [-0.15, -0.1) is 12.4 Å². The number of carbonyl (C=O) groups excluding carboxylic acids is 1. The van der Waals surface area contributed by atoms with Crippen LogP contribution in [0.1, 0.15) is 18.9 Å². The molecule has 1 fully saturated rings. The number of nitrogens with zero attached hydrogens (tertiary/aromatic N) is 1. The predicted molar refractivity (Wildman–Crippen MR) is 80.7 cm³/mol. The first-order valence-corrected chi connectivity index (χ1v) is 6.72. The molecule has 1 aromatic rings. The average molecular weight is 303 g/mol. The van der Waals surface area contributed by atoms with E-state index in [1.54, 1.807) is 0 Å². The van der Waals surface area contributed by atoms with E-state index in [1.807, 2.05) is 29.2 Å². The van der Waals surface area contributed by atoms with E-state index in [4.69, 9.17) is 17.3 Å². The maximum Gasteiger partial charge on any atom is 0.227 e. The van der Waals surface area contributed by atoms with Gasteiger partial charge in [0.15, 0.2) is 0 Å². The van der Waals surface area contributed by atoms with Crippen molar-refractivity contribution in [3.05, 3.63) is 34.9 Å². The lowest BCUT2D eigenvalue weighted by Gasteiger charge is -2.35. The molecular formula is C14H20Cl2N2O. The fraction of sp³-hybridized carbons (Fsp3) is 0.500. The highest BCUT2D eigenvalue weighted by Gasteiger charge is 2.25. The number of likely N-dealkylation sites (tertiary alicyclic amines) is 1. The molecule has 1 aliphatic rings. The highest BCUT2D eigenvalue weighted by atomic mass is 35.5. The number of benzene rings is 1. The van der Waals surface area contributed by atoms with Gasteiger partial charge in [0.1, 0.15) is 0 Å². The first-order chi connectivity index (χ1) is 8.56. The fourth-order valence-corrected chi connectivity index (χ4v) is 2.40. The first kappa shape index (κ1) is 16.3. The standard InChI is InChI=1S/C14H19ClN2O.ClH/c1-10-9-17(7-6-13(10)16)14(18)8-11-2-4-12(15)5-3-11;/h2-5,10,13H,6-9,16H2,1H3;1H. The van der Waals surface area contributed by atoms with Crippen molar-refractivity contribution in [2.75, 3.05) is 13.1 Å². The van der Waals surface area contributed by atoms with Gasteiger partial charge in [0.05, 0.1) is 6.42 Å². The van der Waals surface area contributed by atoms with E-state index >= 15 is 0 Å². The molecule has 1 aliphatic heterocycles. The number of carbonyl (C=O) groups is 1. The largest absolute Gasteiger partial charge is 0.342 e. The van der Waals surface area contributed by atoms with Gasteiger partial charge in [0, 0.05) is 24.2 Å². The minimum Gasteiger partial charge on any atom is -0.342 e. The van der Waals surface area contributed by atoms with Gasteiger partial charge in [-0.25, -0.2) is 0 Å². The monoisotopic (exact) mass is 302 g/mol. The van der Waals surface area contributed by atoms with Crippen LogP contribution in [-0.4, -0.2) is 29.9 Å². The number of amides is 1. The lowest BCUT2D eigenvalue weighted by atomic mass is 9.94. The molecule has 1 saturated heterocycles. The molecule has 2 atom stereocenters. The van der Waals surface area contributed by atoms with E-state index in [0.29, 0.717) is 17.4 Å². The Balaban J connectivity index is 0.00000180. The topological polar surface area (TPSA) is 46.3 Å². The van der Waals surface area contributed by atoms with Crippen molar-refractivity contribution in [2.45, 2.75) is 25.8 Å². The van der Waals surface area contributed by atoms with Crippen LogP contribution in [0, 0.1) is 5.92 Å². The SMILES string of the molecule is CC1CN(C(=O)Cc2ccc(Cl)cc2)CCC1N.Cl. The van der Waals surface area contributed by atoms with Crippen LogP contribution < -0.4 is 5.73 Å². The van der Waals surface area contributed by atoms with E-state index in [2.05, 4.69) is 6.92 Å². The van der Waals surface area contributed by atoms with Gasteiger partial charge in [0.25, 0.3) is 0 Å². The smallest absolute Gasteiger partial charge is 0.227 e. The fourth-order valence-electron chi connectivity index (χ4n) is 2.28. The van der Waals surface area contributed by atoms with Gasteiger partial charge in [-0.3, -0.25) is 4.79 Å². The number of hydrogen-bond acceptors (Lipinski definition) is 2. The quantitative estimate of drug-likeness (QED) is 0.912. The predicted octanol–water partition coefficient (Wildman–Crippen LogP) is 2.50. The van der Waals surface area contributed by atoms with Gasteiger partial charge >= 0.3 is 0 Å². The Morgan fingerprint density at radius 1 is 1.42 bits per heavy atom. The van der Waals surface area contributed by atoms with E-state index in [1.165, 1.54) is 0 Å². The molecule has 106 valence electrons. The molecule has 1 heterocycles. The van der Waals surface area contributed by atoms with Crippen LogP contribution in [0.3, 0.4) is 0 Å². The Morgan fingerprint density at radius 3 is 2.63 bits per heavy atom. The van der Waals surface area contributed by atoms with Crippen molar-refractivity contribution >= 4 is 29.9 Å². The second kappa shape index (κ2) is 7.13. The zero-order valence-corrected chi connectivity index (χ0v) is 12.6. The summed E-state index contributed by atoms with van der Waals surface area (Å²) >= 11 is 5.82. The summed E-state index contributed by atoms with van der Waals surface area (Å²) in [5, 5.41) is 0.698. The molecule has 3 nitrogen and oxygen atoms in total. The lowest BCUT2D eigenvalue weighted by Crippen LogP contribution is -2.48. The van der Waals surface area contributed by atoms with Crippen LogP contribution in [0.2, 0.25) is 5.02 Å². The highest BCUT2D eigenvalue weighted by Crippen LogP contribution is 2.17. The van der Waals surface area contributed by atoms with Gasteiger partial charge < -0.3 is 10.6 Å². The number of nitrogens with two attached hydrogens (primary N) is 1. The number of rotatable bonds is 2. The molecule has 0 aliphatic carbocycles. The molecule has 0 saturated carbocycles. The van der Waals surface area contributed by atoms with Crippen molar-refractivity contribution in [1.29, 1.82) is 0 Å². The van der Waals surface area contributed by atoms with Gasteiger partial charge in [-0.1, -0.05) is 30.7 Å². The van der Waals surface area contributed by atoms with Crippen LogP contribution in [0.25, 0.3) is 0 Å². The van der Waals surface area contributed by atoms with Gasteiger partial charge in [-0.05, 0) is 30.0 Å². The molecule has 1 amide bonds. The summed E-state index contributed by atoms with van der Waals surface area (Å²) in [5.74, 6) is 0.559. The van der Waals surface area contributed by atoms with Crippen LogP contribution in [0.4, 0.5) is 0 Å².